The third kappa shape index (κ3) is 3.65. The van der Waals surface area contributed by atoms with Crippen LogP contribution in [0.2, 0.25) is 0 Å². The summed E-state index contributed by atoms with van der Waals surface area (Å²) in [5.41, 5.74) is 2.05. The highest BCUT2D eigenvalue weighted by atomic mass is 16.2. The summed E-state index contributed by atoms with van der Waals surface area (Å²) in [6, 6.07) is 8.08. The van der Waals surface area contributed by atoms with Gasteiger partial charge in [0, 0.05) is 37.6 Å². The number of hydrogen-bond acceptors (Lipinski definition) is 3. The van der Waals surface area contributed by atoms with Gasteiger partial charge in [0.15, 0.2) is 0 Å². The van der Waals surface area contributed by atoms with E-state index in [0.29, 0.717) is 6.42 Å². The zero-order chi connectivity index (χ0) is 17.2. The standard InChI is InChI=1S/C20H27N3O2/c24-19(17-14-18(17)20(25)23-12-2-1-3-13-23)21-15-6-8-16(9-7-15)22-10-4-5-11-22/h6-9,17-18H,1-5,10-14H2,(H,21,24). The monoisotopic (exact) mass is 341 g/mol. The molecule has 2 atom stereocenters. The summed E-state index contributed by atoms with van der Waals surface area (Å²) in [7, 11) is 0. The molecule has 25 heavy (non-hydrogen) atoms. The van der Waals surface area contributed by atoms with E-state index in [9.17, 15) is 9.59 Å². The van der Waals surface area contributed by atoms with E-state index in [1.165, 1.54) is 24.9 Å². The van der Waals surface area contributed by atoms with Crippen LogP contribution in [-0.2, 0) is 9.59 Å². The molecule has 134 valence electrons. The number of amides is 2. The second kappa shape index (κ2) is 7.06. The smallest absolute Gasteiger partial charge is 0.228 e. The first-order valence-electron chi connectivity index (χ1n) is 9.67. The molecule has 5 nitrogen and oxygen atoms in total. The Bertz CT molecular complexity index is 631. The molecule has 1 saturated carbocycles. The van der Waals surface area contributed by atoms with E-state index in [-0.39, 0.29) is 23.7 Å². The molecule has 0 radical (unpaired) electrons. The number of carbonyl (C=O) groups is 2. The van der Waals surface area contributed by atoms with Crippen molar-refractivity contribution in [3.05, 3.63) is 24.3 Å². The van der Waals surface area contributed by atoms with Crippen LogP contribution in [0.25, 0.3) is 0 Å². The normalized spacial score (nSPS) is 25.8. The molecule has 0 spiro atoms. The molecule has 3 aliphatic rings. The van der Waals surface area contributed by atoms with Crippen LogP contribution in [-0.4, -0.2) is 42.9 Å². The van der Waals surface area contributed by atoms with Gasteiger partial charge in [-0.2, -0.15) is 0 Å². The molecule has 1 aromatic carbocycles. The number of likely N-dealkylation sites (tertiary alicyclic amines) is 1. The lowest BCUT2D eigenvalue weighted by Gasteiger charge is -2.26. The minimum absolute atomic E-state index is 0.00992. The predicted molar refractivity (Wildman–Crippen MR) is 98.5 cm³/mol. The van der Waals surface area contributed by atoms with Crippen LogP contribution in [0.3, 0.4) is 0 Å². The Morgan fingerprint density at radius 3 is 2.16 bits per heavy atom. The Balaban J connectivity index is 1.29. The van der Waals surface area contributed by atoms with Gasteiger partial charge in [0.1, 0.15) is 0 Å². The fraction of sp³-hybridized carbons (Fsp3) is 0.600. The van der Waals surface area contributed by atoms with E-state index in [2.05, 4.69) is 22.3 Å². The van der Waals surface area contributed by atoms with Gasteiger partial charge in [0.2, 0.25) is 11.8 Å². The molecule has 2 heterocycles. The van der Waals surface area contributed by atoms with E-state index >= 15 is 0 Å². The quantitative estimate of drug-likeness (QED) is 0.916. The van der Waals surface area contributed by atoms with Crippen LogP contribution >= 0.6 is 0 Å². The van der Waals surface area contributed by atoms with Crippen molar-refractivity contribution < 1.29 is 9.59 Å². The summed E-state index contributed by atoms with van der Waals surface area (Å²) >= 11 is 0. The largest absolute Gasteiger partial charge is 0.372 e. The lowest BCUT2D eigenvalue weighted by Crippen LogP contribution is -2.37. The zero-order valence-electron chi connectivity index (χ0n) is 14.7. The minimum atomic E-state index is -0.146. The van der Waals surface area contributed by atoms with Crippen LogP contribution in [0.4, 0.5) is 11.4 Å². The highest BCUT2D eigenvalue weighted by molar-refractivity contribution is 5.99. The fourth-order valence-electron chi connectivity index (χ4n) is 4.07. The van der Waals surface area contributed by atoms with Gasteiger partial charge in [-0.25, -0.2) is 0 Å². The van der Waals surface area contributed by atoms with Crippen LogP contribution in [0.1, 0.15) is 38.5 Å². The number of benzene rings is 1. The van der Waals surface area contributed by atoms with Gasteiger partial charge in [0.25, 0.3) is 0 Å². The number of nitrogens with one attached hydrogen (secondary N) is 1. The Kier molecular flexibility index (Phi) is 4.64. The Morgan fingerprint density at radius 1 is 0.840 bits per heavy atom. The van der Waals surface area contributed by atoms with Crippen molar-refractivity contribution in [1.82, 2.24) is 4.90 Å². The summed E-state index contributed by atoms with van der Waals surface area (Å²) in [5, 5.41) is 2.98. The number of anilines is 2. The molecule has 2 saturated heterocycles. The highest BCUT2D eigenvalue weighted by Crippen LogP contribution is 2.41. The van der Waals surface area contributed by atoms with E-state index < -0.39 is 0 Å². The minimum Gasteiger partial charge on any atom is -0.372 e. The summed E-state index contributed by atoms with van der Waals surface area (Å²) < 4.78 is 0. The van der Waals surface area contributed by atoms with Crippen LogP contribution in [0, 0.1) is 11.8 Å². The zero-order valence-corrected chi connectivity index (χ0v) is 14.7. The number of piperidine rings is 1. The lowest BCUT2D eigenvalue weighted by molar-refractivity contribution is -0.134. The maximum absolute atomic E-state index is 12.5. The van der Waals surface area contributed by atoms with Crippen molar-refractivity contribution in [2.45, 2.75) is 38.5 Å². The first kappa shape index (κ1) is 16.4. The average Bonchev–Trinajstić information content (AvgIpc) is 3.28. The molecule has 2 amide bonds. The molecule has 0 bridgehead atoms. The Hall–Kier alpha value is -2.04. The number of hydrogen-bond donors (Lipinski definition) is 1. The SMILES string of the molecule is O=C(Nc1ccc(N2CCCC2)cc1)C1CC1C(=O)N1CCCCC1. The molecule has 5 heteroatoms. The van der Waals surface area contributed by atoms with Crippen LogP contribution < -0.4 is 10.2 Å². The first-order valence-corrected chi connectivity index (χ1v) is 9.67. The molecule has 3 fully saturated rings. The van der Waals surface area contributed by atoms with Crippen molar-refractivity contribution in [3.63, 3.8) is 0 Å². The molecule has 1 aliphatic carbocycles. The predicted octanol–water partition coefficient (Wildman–Crippen LogP) is 2.87. The molecular weight excluding hydrogens is 314 g/mol. The molecule has 2 unspecified atom stereocenters. The van der Waals surface area contributed by atoms with Crippen molar-refractivity contribution in [3.8, 4) is 0 Å². The van der Waals surface area contributed by atoms with Gasteiger partial charge in [0.05, 0.1) is 11.8 Å². The summed E-state index contributed by atoms with van der Waals surface area (Å²) in [4.78, 5) is 29.2. The lowest BCUT2D eigenvalue weighted by atomic mass is 10.1. The summed E-state index contributed by atoms with van der Waals surface area (Å²) in [5.74, 6) is -0.0665. The third-order valence-electron chi connectivity index (χ3n) is 5.72. The molecule has 1 N–H and O–H groups in total. The molecular formula is C20H27N3O2. The van der Waals surface area contributed by atoms with Crippen LogP contribution in [0.15, 0.2) is 24.3 Å². The van der Waals surface area contributed by atoms with E-state index in [4.69, 9.17) is 0 Å². The molecule has 1 aromatic rings. The summed E-state index contributed by atoms with van der Waals surface area (Å²) in [6.45, 7) is 3.96. The van der Waals surface area contributed by atoms with Gasteiger partial charge < -0.3 is 15.1 Å². The number of rotatable bonds is 4. The second-order valence-corrected chi connectivity index (χ2v) is 7.56. The molecule has 0 aromatic heterocycles. The van der Waals surface area contributed by atoms with E-state index in [1.54, 1.807) is 0 Å². The van der Waals surface area contributed by atoms with Crippen molar-refractivity contribution in [2.24, 2.45) is 11.8 Å². The second-order valence-electron chi connectivity index (χ2n) is 7.56. The number of nitrogens with zero attached hydrogens (tertiary/aromatic N) is 2. The van der Waals surface area contributed by atoms with Gasteiger partial charge >= 0.3 is 0 Å². The maximum atomic E-state index is 12.5. The summed E-state index contributed by atoms with van der Waals surface area (Å²) in [6.07, 6.45) is 6.62. The van der Waals surface area contributed by atoms with Gasteiger partial charge in [-0.15, -0.1) is 0 Å². The van der Waals surface area contributed by atoms with Crippen molar-refractivity contribution in [2.75, 3.05) is 36.4 Å². The third-order valence-corrected chi connectivity index (χ3v) is 5.72. The Morgan fingerprint density at radius 2 is 1.48 bits per heavy atom. The maximum Gasteiger partial charge on any atom is 0.228 e. The van der Waals surface area contributed by atoms with Crippen molar-refractivity contribution >= 4 is 23.2 Å². The van der Waals surface area contributed by atoms with E-state index in [0.717, 1.165) is 44.7 Å². The topological polar surface area (TPSA) is 52.7 Å². The van der Waals surface area contributed by atoms with Crippen LogP contribution in [0.5, 0.6) is 0 Å². The molecule has 2 aliphatic heterocycles. The Labute approximate surface area is 149 Å². The van der Waals surface area contributed by atoms with E-state index in [1.807, 2.05) is 17.0 Å². The first-order chi connectivity index (χ1) is 12.2. The average molecular weight is 341 g/mol. The highest BCUT2D eigenvalue weighted by Gasteiger charge is 2.49. The van der Waals surface area contributed by atoms with Gasteiger partial charge in [-0.3, -0.25) is 9.59 Å². The van der Waals surface area contributed by atoms with Crippen molar-refractivity contribution in [1.29, 1.82) is 0 Å². The molecule has 4 rings (SSSR count). The van der Waals surface area contributed by atoms with Gasteiger partial charge in [-0.1, -0.05) is 0 Å². The number of carbonyl (C=O) groups excluding carboxylic acids is 2. The fourth-order valence-corrected chi connectivity index (χ4v) is 4.07. The van der Waals surface area contributed by atoms with Gasteiger partial charge in [-0.05, 0) is 62.8 Å².